The summed E-state index contributed by atoms with van der Waals surface area (Å²) in [5.74, 6) is -1.57. The fourth-order valence-electron chi connectivity index (χ4n) is 1.05. The minimum atomic E-state index is -0.624. The molecule has 0 saturated heterocycles. The standard InChI is InChI=1S/C7H5NO4S/c9-2-1-3-4(6(11)5(2)10)8-7(12)13-3/h1,9-11H,(H,8,12). The molecule has 0 aliphatic rings. The Kier molecular flexibility index (Phi) is 1.46. The molecule has 0 saturated carbocycles. The van der Waals surface area contributed by atoms with Crippen LogP contribution in [0.3, 0.4) is 0 Å². The maximum Gasteiger partial charge on any atom is 0.305 e. The molecule has 0 aliphatic heterocycles. The number of aromatic hydroxyl groups is 3. The summed E-state index contributed by atoms with van der Waals surface area (Å²) in [5.41, 5.74) is 0.144. The number of phenols is 3. The Hall–Kier alpha value is -1.69. The zero-order valence-corrected chi connectivity index (χ0v) is 7.05. The van der Waals surface area contributed by atoms with E-state index in [2.05, 4.69) is 4.98 Å². The van der Waals surface area contributed by atoms with Gasteiger partial charge in [0.2, 0.25) is 5.75 Å². The number of fused-ring (bicyclic) bond motifs is 1. The van der Waals surface area contributed by atoms with Crippen LogP contribution < -0.4 is 4.87 Å². The number of phenolic OH excluding ortho intramolecular Hbond substituents is 3. The van der Waals surface area contributed by atoms with E-state index in [0.717, 1.165) is 11.3 Å². The van der Waals surface area contributed by atoms with E-state index < -0.39 is 17.2 Å². The highest BCUT2D eigenvalue weighted by Gasteiger charge is 2.13. The Labute approximate surface area is 75.5 Å². The van der Waals surface area contributed by atoms with Crippen molar-refractivity contribution in [3.8, 4) is 17.2 Å². The Morgan fingerprint density at radius 3 is 2.62 bits per heavy atom. The van der Waals surface area contributed by atoms with E-state index >= 15 is 0 Å². The van der Waals surface area contributed by atoms with Gasteiger partial charge in [0.05, 0.1) is 4.70 Å². The number of hydrogen-bond donors (Lipinski definition) is 4. The maximum absolute atomic E-state index is 10.9. The molecule has 0 aliphatic carbocycles. The average Bonchev–Trinajstić information content (AvgIpc) is 2.42. The van der Waals surface area contributed by atoms with E-state index in [9.17, 15) is 9.90 Å². The minimum absolute atomic E-state index is 0.144. The number of aromatic amines is 1. The molecule has 0 amide bonds. The fourth-order valence-corrected chi connectivity index (χ4v) is 1.82. The van der Waals surface area contributed by atoms with Gasteiger partial charge in [-0.15, -0.1) is 0 Å². The minimum Gasteiger partial charge on any atom is -0.504 e. The normalized spacial score (nSPS) is 10.8. The van der Waals surface area contributed by atoms with Gasteiger partial charge < -0.3 is 20.3 Å². The summed E-state index contributed by atoms with van der Waals surface area (Å²) >= 11 is 0.847. The van der Waals surface area contributed by atoms with Crippen LogP contribution in [0.4, 0.5) is 0 Å². The molecule has 1 heterocycles. The zero-order valence-electron chi connectivity index (χ0n) is 6.24. The first-order valence-corrected chi connectivity index (χ1v) is 4.18. The van der Waals surface area contributed by atoms with Crippen LogP contribution >= 0.6 is 11.3 Å². The molecule has 0 bridgehead atoms. The molecule has 68 valence electrons. The van der Waals surface area contributed by atoms with Crippen LogP contribution in [0.25, 0.3) is 10.2 Å². The van der Waals surface area contributed by atoms with Crippen LogP contribution in [0.1, 0.15) is 0 Å². The van der Waals surface area contributed by atoms with Crippen molar-refractivity contribution in [2.24, 2.45) is 0 Å². The van der Waals surface area contributed by atoms with Crippen LogP contribution in [0, 0.1) is 0 Å². The molecule has 2 aromatic rings. The van der Waals surface area contributed by atoms with Gasteiger partial charge >= 0.3 is 4.87 Å². The summed E-state index contributed by atoms with van der Waals surface area (Å²) in [7, 11) is 0. The largest absolute Gasteiger partial charge is 0.504 e. The van der Waals surface area contributed by atoms with Crippen molar-refractivity contribution in [3.05, 3.63) is 15.7 Å². The van der Waals surface area contributed by atoms with Crippen LogP contribution in [0.2, 0.25) is 0 Å². The highest BCUT2D eigenvalue weighted by Crippen LogP contribution is 2.40. The first-order valence-electron chi connectivity index (χ1n) is 3.36. The number of aromatic nitrogens is 1. The second-order valence-corrected chi connectivity index (χ2v) is 3.50. The summed E-state index contributed by atoms with van der Waals surface area (Å²) in [5, 5.41) is 27.5. The van der Waals surface area contributed by atoms with E-state index in [1.165, 1.54) is 6.07 Å². The molecule has 4 N–H and O–H groups in total. The number of nitrogens with one attached hydrogen (secondary N) is 1. The van der Waals surface area contributed by atoms with Crippen LogP contribution in [-0.2, 0) is 0 Å². The second kappa shape index (κ2) is 2.40. The lowest BCUT2D eigenvalue weighted by atomic mass is 10.2. The van der Waals surface area contributed by atoms with Crippen molar-refractivity contribution < 1.29 is 15.3 Å². The molecule has 0 radical (unpaired) electrons. The third-order valence-electron chi connectivity index (χ3n) is 1.65. The molecular weight excluding hydrogens is 194 g/mol. The highest BCUT2D eigenvalue weighted by molar-refractivity contribution is 7.16. The summed E-state index contributed by atoms with van der Waals surface area (Å²) in [4.78, 5) is 12.8. The van der Waals surface area contributed by atoms with Gasteiger partial charge in [-0.3, -0.25) is 4.79 Å². The molecule has 5 nitrogen and oxygen atoms in total. The van der Waals surface area contributed by atoms with Gasteiger partial charge in [-0.05, 0) is 0 Å². The summed E-state index contributed by atoms with van der Waals surface area (Å²) in [6.45, 7) is 0. The molecule has 0 atom stereocenters. The van der Waals surface area contributed by atoms with Crippen molar-refractivity contribution in [1.29, 1.82) is 0 Å². The van der Waals surface area contributed by atoms with Gasteiger partial charge in [0, 0.05) is 6.07 Å². The lowest BCUT2D eigenvalue weighted by Crippen LogP contribution is -1.89. The molecule has 0 fully saturated rings. The van der Waals surface area contributed by atoms with Crippen molar-refractivity contribution in [2.45, 2.75) is 0 Å². The van der Waals surface area contributed by atoms with Crippen LogP contribution in [0.15, 0.2) is 10.9 Å². The van der Waals surface area contributed by atoms with Gasteiger partial charge in [0.15, 0.2) is 11.5 Å². The molecular formula is C7H5NO4S. The molecule has 13 heavy (non-hydrogen) atoms. The maximum atomic E-state index is 10.9. The second-order valence-electron chi connectivity index (χ2n) is 2.48. The van der Waals surface area contributed by atoms with Crippen molar-refractivity contribution in [1.82, 2.24) is 4.98 Å². The van der Waals surface area contributed by atoms with Crippen molar-refractivity contribution >= 4 is 21.6 Å². The van der Waals surface area contributed by atoms with E-state index in [1.807, 2.05) is 0 Å². The van der Waals surface area contributed by atoms with Crippen LogP contribution in [0.5, 0.6) is 17.2 Å². The van der Waals surface area contributed by atoms with Crippen LogP contribution in [-0.4, -0.2) is 20.3 Å². The van der Waals surface area contributed by atoms with Gasteiger partial charge in [0.25, 0.3) is 0 Å². The first-order chi connectivity index (χ1) is 6.09. The Morgan fingerprint density at radius 1 is 1.23 bits per heavy atom. The smallest absolute Gasteiger partial charge is 0.305 e. The number of rotatable bonds is 0. The zero-order chi connectivity index (χ0) is 9.59. The van der Waals surface area contributed by atoms with E-state index in [0.29, 0.717) is 4.70 Å². The molecule has 0 unspecified atom stereocenters. The number of benzene rings is 1. The predicted molar refractivity (Wildman–Crippen MR) is 47.4 cm³/mol. The average molecular weight is 199 g/mol. The molecule has 6 heteroatoms. The Balaban J connectivity index is 3.00. The third-order valence-corrected chi connectivity index (χ3v) is 2.48. The lowest BCUT2D eigenvalue weighted by Gasteiger charge is -2.00. The topological polar surface area (TPSA) is 93.6 Å². The quantitative estimate of drug-likeness (QED) is 0.470. The monoisotopic (exact) mass is 199 g/mol. The highest BCUT2D eigenvalue weighted by atomic mass is 32.1. The number of H-pyrrole nitrogens is 1. The summed E-state index contributed by atoms with van der Waals surface area (Å²) < 4.78 is 0.401. The van der Waals surface area contributed by atoms with E-state index in [4.69, 9.17) is 10.2 Å². The predicted octanol–water partition coefficient (Wildman–Crippen LogP) is 0.706. The Morgan fingerprint density at radius 2 is 1.92 bits per heavy atom. The van der Waals surface area contributed by atoms with Crippen molar-refractivity contribution in [2.75, 3.05) is 0 Å². The first kappa shape index (κ1) is 7.93. The molecule has 1 aromatic heterocycles. The molecule has 2 rings (SSSR count). The van der Waals surface area contributed by atoms with Crippen molar-refractivity contribution in [3.63, 3.8) is 0 Å². The van der Waals surface area contributed by atoms with Gasteiger partial charge in [-0.2, -0.15) is 0 Å². The SMILES string of the molecule is O=c1[nH]c2c(O)c(O)c(O)cc2s1. The van der Waals surface area contributed by atoms with Gasteiger partial charge in [-0.25, -0.2) is 0 Å². The molecule has 0 spiro atoms. The fraction of sp³-hybridized carbons (Fsp3) is 0. The Bertz CT molecular complexity index is 527. The lowest BCUT2D eigenvalue weighted by molar-refractivity contribution is 0.371. The summed E-state index contributed by atoms with van der Waals surface area (Å²) in [6.07, 6.45) is 0. The van der Waals surface area contributed by atoms with Gasteiger partial charge in [-0.1, -0.05) is 11.3 Å². The number of hydrogen-bond acceptors (Lipinski definition) is 5. The van der Waals surface area contributed by atoms with E-state index in [-0.39, 0.29) is 10.4 Å². The van der Waals surface area contributed by atoms with Gasteiger partial charge in [0.1, 0.15) is 5.52 Å². The summed E-state index contributed by atoms with van der Waals surface area (Å²) in [6, 6.07) is 1.22. The third kappa shape index (κ3) is 1.03. The molecule has 1 aromatic carbocycles. The van der Waals surface area contributed by atoms with E-state index in [1.54, 1.807) is 0 Å². The number of thiazole rings is 1.